The molecule has 2 aromatic heterocycles. The summed E-state index contributed by atoms with van der Waals surface area (Å²) in [6.07, 6.45) is 4.54. The van der Waals surface area contributed by atoms with Crippen LogP contribution < -0.4 is 9.47 Å². The van der Waals surface area contributed by atoms with Crippen LogP contribution in [-0.4, -0.2) is 62.0 Å². The maximum absolute atomic E-state index is 5.86. The Morgan fingerprint density at radius 3 is 2.42 bits per heavy atom. The molecule has 1 aromatic carbocycles. The van der Waals surface area contributed by atoms with E-state index in [0.717, 1.165) is 68.7 Å². The lowest BCUT2D eigenvalue weighted by Crippen LogP contribution is -2.36. The Balaban J connectivity index is 0.000000211. The molecule has 1 atom stereocenters. The molecular weight excluding hydrogens is 531 g/mol. The van der Waals surface area contributed by atoms with E-state index < -0.39 is 0 Å². The molecule has 4 nitrogen and oxygen atoms in total. The molecule has 0 saturated heterocycles. The van der Waals surface area contributed by atoms with Gasteiger partial charge in [0.25, 0.3) is 0 Å². The van der Waals surface area contributed by atoms with Gasteiger partial charge in [0, 0.05) is 47.7 Å². The first-order valence-electron chi connectivity index (χ1n) is 12.6. The summed E-state index contributed by atoms with van der Waals surface area (Å²) >= 11 is 15.3. The minimum Gasteiger partial charge on any atom is -0.493 e. The first kappa shape index (κ1) is 27.7. The molecule has 0 N–H and O–H groups in total. The fourth-order valence-electron chi connectivity index (χ4n) is 5.05. The number of alkyl halides is 2. The van der Waals surface area contributed by atoms with Gasteiger partial charge in [-0.2, -0.15) is 0 Å². The maximum atomic E-state index is 5.86. The molecule has 2 aliphatic rings. The molecule has 196 valence electrons. The molecule has 0 fully saturated rings. The number of thiophene rings is 2. The summed E-state index contributed by atoms with van der Waals surface area (Å²) in [5.41, 5.74) is 4.21. The molecule has 36 heavy (non-hydrogen) atoms. The molecule has 2 aliphatic heterocycles. The quantitative estimate of drug-likeness (QED) is 0.204. The first-order valence-corrected chi connectivity index (χ1v) is 15.4. The van der Waals surface area contributed by atoms with Gasteiger partial charge in [0.2, 0.25) is 0 Å². The lowest BCUT2D eigenvalue weighted by Gasteiger charge is -2.36. The minimum absolute atomic E-state index is 0.287. The van der Waals surface area contributed by atoms with Crippen LogP contribution in [0, 0.1) is 0 Å². The second kappa shape index (κ2) is 14.0. The summed E-state index contributed by atoms with van der Waals surface area (Å²) in [5, 5.41) is 4.40. The number of hydrogen-bond acceptors (Lipinski definition) is 6. The number of hydrogen-bond donors (Lipinski definition) is 0. The molecule has 4 heterocycles. The average Bonchev–Trinajstić information content (AvgIpc) is 3.58. The first-order chi connectivity index (χ1) is 17.7. The lowest BCUT2D eigenvalue weighted by atomic mass is 9.92. The van der Waals surface area contributed by atoms with Crippen LogP contribution in [0.4, 0.5) is 0 Å². The average molecular weight is 568 g/mol. The molecule has 5 rings (SSSR count). The summed E-state index contributed by atoms with van der Waals surface area (Å²) in [4.78, 5) is 8.06. The van der Waals surface area contributed by atoms with Crippen molar-refractivity contribution in [3.8, 4) is 11.5 Å². The van der Waals surface area contributed by atoms with E-state index in [0.29, 0.717) is 0 Å². The summed E-state index contributed by atoms with van der Waals surface area (Å²) in [6, 6.07) is 11.1. The topological polar surface area (TPSA) is 24.9 Å². The predicted octanol–water partition coefficient (Wildman–Crippen LogP) is 7.08. The SMILES string of the molecule is COc1ccc(C2c3ccsc3CCN2CCCCCl)cc1OC.ClCCN1CCc2sccc2C1. The number of nitrogens with zero attached hydrogens (tertiary/aromatic N) is 2. The molecule has 0 amide bonds. The van der Waals surface area contributed by atoms with Crippen molar-refractivity contribution < 1.29 is 9.47 Å². The highest BCUT2D eigenvalue weighted by atomic mass is 35.5. The molecule has 0 bridgehead atoms. The largest absolute Gasteiger partial charge is 0.493 e. The summed E-state index contributed by atoms with van der Waals surface area (Å²) in [5.74, 6) is 3.05. The van der Waals surface area contributed by atoms with Crippen LogP contribution in [0.1, 0.15) is 45.3 Å². The number of methoxy groups -OCH3 is 2. The highest BCUT2D eigenvalue weighted by molar-refractivity contribution is 7.10. The van der Waals surface area contributed by atoms with Crippen molar-refractivity contribution in [2.45, 2.75) is 38.3 Å². The fraction of sp³-hybridized carbons (Fsp3) is 0.500. The summed E-state index contributed by atoms with van der Waals surface area (Å²) < 4.78 is 10.9. The smallest absolute Gasteiger partial charge is 0.161 e. The van der Waals surface area contributed by atoms with Crippen LogP contribution in [0.25, 0.3) is 0 Å². The van der Waals surface area contributed by atoms with Gasteiger partial charge in [0.1, 0.15) is 0 Å². The maximum Gasteiger partial charge on any atom is 0.161 e. The summed E-state index contributed by atoms with van der Waals surface area (Å²) in [7, 11) is 3.37. The molecule has 8 heteroatoms. The van der Waals surface area contributed by atoms with Crippen molar-refractivity contribution in [2.24, 2.45) is 0 Å². The fourth-order valence-corrected chi connectivity index (χ4v) is 7.27. The van der Waals surface area contributed by atoms with Gasteiger partial charge >= 0.3 is 0 Å². The Kier molecular flexibility index (Phi) is 10.8. The van der Waals surface area contributed by atoms with Crippen molar-refractivity contribution in [2.75, 3.05) is 52.2 Å². The van der Waals surface area contributed by atoms with Crippen molar-refractivity contribution in [1.82, 2.24) is 9.80 Å². The van der Waals surface area contributed by atoms with Crippen LogP contribution in [0.5, 0.6) is 11.5 Å². The Morgan fingerprint density at radius 2 is 1.64 bits per heavy atom. The number of fused-ring (bicyclic) bond motifs is 2. The molecule has 0 radical (unpaired) electrons. The van der Waals surface area contributed by atoms with Crippen molar-refractivity contribution >= 4 is 45.9 Å². The van der Waals surface area contributed by atoms with Crippen LogP contribution in [0.2, 0.25) is 0 Å². The van der Waals surface area contributed by atoms with Gasteiger partial charge in [-0.05, 0) is 83.9 Å². The van der Waals surface area contributed by atoms with Crippen molar-refractivity contribution in [3.05, 3.63) is 67.5 Å². The van der Waals surface area contributed by atoms with Crippen molar-refractivity contribution in [1.29, 1.82) is 0 Å². The van der Waals surface area contributed by atoms with E-state index >= 15 is 0 Å². The van der Waals surface area contributed by atoms with Gasteiger partial charge < -0.3 is 9.47 Å². The second-order valence-corrected chi connectivity index (χ2v) is 11.8. The van der Waals surface area contributed by atoms with Crippen LogP contribution in [0.15, 0.2) is 41.1 Å². The zero-order chi connectivity index (χ0) is 25.3. The van der Waals surface area contributed by atoms with Crippen LogP contribution in [0.3, 0.4) is 0 Å². The second-order valence-electron chi connectivity index (χ2n) is 9.08. The Hall–Kier alpha value is -1.28. The van der Waals surface area contributed by atoms with E-state index in [2.05, 4.69) is 44.8 Å². The van der Waals surface area contributed by atoms with Gasteiger partial charge in [0.15, 0.2) is 11.5 Å². The molecular formula is C28H36Cl2N2O2S2. The van der Waals surface area contributed by atoms with Gasteiger partial charge in [-0.25, -0.2) is 0 Å². The molecule has 0 spiro atoms. The highest BCUT2D eigenvalue weighted by Gasteiger charge is 2.29. The van der Waals surface area contributed by atoms with E-state index in [1.54, 1.807) is 19.1 Å². The third kappa shape index (κ3) is 6.77. The molecule has 1 unspecified atom stereocenters. The predicted molar refractivity (Wildman–Crippen MR) is 155 cm³/mol. The van der Waals surface area contributed by atoms with Gasteiger partial charge in [-0.3, -0.25) is 9.80 Å². The number of unbranched alkanes of at least 4 members (excludes halogenated alkanes) is 1. The molecule has 0 aliphatic carbocycles. The van der Waals surface area contributed by atoms with E-state index in [1.165, 1.54) is 34.5 Å². The summed E-state index contributed by atoms with van der Waals surface area (Å²) in [6.45, 7) is 5.47. The van der Waals surface area contributed by atoms with E-state index in [1.807, 2.05) is 28.7 Å². The Morgan fingerprint density at radius 1 is 0.861 bits per heavy atom. The van der Waals surface area contributed by atoms with Gasteiger partial charge in [-0.1, -0.05) is 6.07 Å². The third-order valence-corrected chi connectivity index (χ3v) is 9.36. The van der Waals surface area contributed by atoms with Gasteiger partial charge in [0.05, 0.1) is 20.3 Å². The number of ether oxygens (including phenoxy) is 2. The zero-order valence-electron chi connectivity index (χ0n) is 21.2. The van der Waals surface area contributed by atoms with Gasteiger partial charge in [-0.15, -0.1) is 45.9 Å². The third-order valence-electron chi connectivity index (χ3n) is 6.91. The van der Waals surface area contributed by atoms with E-state index in [4.69, 9.17) is 32.7 Å². The highest BCUT2D eigenvalue weighted by Crippen LogP contribution is 2.40. The number of halogens is 2. The van der Waals surface area contributed by atoms with E-state index in [-0.39, 0.29) is 6.04 Å². The van der Waals surface area contributed by atoms with E-state index in [9.17, 15) is 0 Å². The Bertz CT molecular complexity index is 1090. The van der Waals surface area contributed by atoms with Crippen LogP contribution in [-0.2, 0) is 19.4 Å². The Labute approximate surface area is 233 Å². The number of benzene rings is 1. The van der Waals surface area contributed by atoms with Crippen molar-refractivity contribution in [3.63, 3.8) is 0 Å². The zero-order valence-corrected chi connectivity index (χ0v) is 24.3. The van der Waals surface area contributed by atoms with Crippen LogP contribution >= 0.6 is 45.9 Å². The monoisotopic (exact) mass is 566 g/mol. The lowest BCUT2D eigenvalue weighted by molar-refractivity contribution is 0.211. The normalized spacial score (nSPS) is 17.6. The molecule has 3 aromatic rings. The standard InChI is InChI=1S/C19H24ClNO2S.C9H12ClNS/c1-22-16-6-5-14(13-17(16)23-2)19-15-8-12-24-18(15)7-11-21(19)10-4-3-9-20;10-3-5-11-4-1-9-8(7-11)2-6-12-9/h5-6,8,12-13,19H,3-4,7,9-11H2,1-2H3;2,6H,1,3-5,7H2. The minimum atomic E-state index is 0.287. The molecule has 0 saturated carbocycles. The number of rotatable bonds is 9.